The fraction of sp³-hybridized carbons (Fsp3) is 0.409. The Morgan fingerprint density at radius 3 is 2.18 bits per heavy atom. The molecule has 1 aliphatic heterocycles. The van der Waals surface area contributed by atoms with Crippen molar-refractivity contribution in [1.82, 2.24) is 4.90 Å². The Kier molecular flexibility index (Phi) is 6.63. The summed E-state index contributed by atoms with van der Waals surface area (Å²) in [6.45, 7) is 3.97. The highest BCUT2D eigenvalue weighted by Gasteiger charge is 2.23. The second-order valence-corrected chi connectivity index (χ2v) is 6.65. The van der Waals surface area contributed by atoms with Gasteiger partial charge in [0.15, 0.2) is 18.1 Å². The fourth-order valence-corrected chi connectivity index (χ4v) is 3.18. The number of amides is 1. The van der Waals surface area contributed by atoms with Crippen LogP contribution in [0.15, 0.2) is 36.4 Å². The Balaban J connectivity index is 1.57. The lowest BCUT2D eigenvalue weighted by atomic mass is 9.99. The van der Waals surface area contributed by atoms with E-state index in [4.69, 9.17) is 18.9 Å². The summed E-state index contributed by atoms with van der Waals surface area (Å²) in [5.74, 6) is 2.82. The van der Waals surface area contributed by atoms with E-state index in [0.717, 1.165) is 29.9 Å². The van der Waals surface area contributed by atoms with E-state index in [-0.39, 0.29) is 12.5 Å². The van der Waals surface area contributed by atoms with Crippen molar-refractivity contribution in [3.63, 3.8) is 0 Å². The normalized spacial score (nSPS) is 12.9. The molecule has 2 aromatic rings. The third kappa shape index (κ3) is 4.68. The van der Waals surface area contributed by atoms with E-state index in [1.54, 1.807) is 14.2 Å². The van der Waals surface area contributed by atoms with Crippen LogP contribution >= 0.6 is 0 Å². The van der Waals surface area contributed by atoms with Crippen LogP contribution in [0.3, 0.4) is 0 Å². The zero-order valence-electron chi connectivity index (χ0n) is 16.7. The molecule has 1 heterocycles. The standard InChI is InChI=1S/C22H27NO5/c1-4-11-27-18-5-7-19(8-6-18)28-15-22(24)23-10-9-16-12-20(25-2)21(26-3)13-17(16)14-23/h5-8,12-13H,4,9-11,14-15H2,1-3H3. The van der Waals surface area contributed by atoms with Crippen LogP contribution in [0, 0.1) is 0 Å². The summed E-state index contributed by atoms with van der Waals surface area (Å²) in [6.07, 6.45) is 1.75. The number of ether oxygens (including phenoxy) is 4. The SMILES string of the molecule is CCCOc1ccc(OCC(=O)N2CCc3cc(OC)c(OC)cc3C2)cc1. The Hall–Kier alpha value is -2.89. The summed E-state index contributed by atoms with van der Waals surface area (Å²) >= 11 is 0. The minimum Gasteiger partial charge on any atom is -0.494 e. The first-order valence-corrected chi connectivity index (χ1v) is 9.51. The van der Waals surface area contributed by atoms with Gasteiger partial charge in [0.2, 0.25) is 0 Å². The molecule has 0 saturated carbocycles. The van der Waals surface area contributed by atoms with Crippen molar-refractivity contribution >= 4 is 5.91 Å². The molecule has 6 heteroatoms. The summed E-state index contributed by atoms with van der Waals surface area (Å²) in [4.78, 5) is 14.4. The molecule has 0 N–H and O–H groups in total. The Morgan fingerprint density at radius 1 is 0.964 bits per heavy atom. The largest absolute Gasteiger partial charge is 0.494 e. The number of carbonyl (C=O) groups is 1. The van der Waals surface area contributed by atoms with E-state index in [1.165, 1.54) is 5.56 Å². The van der Waals surface area contributed by atoms with Gasteiger partial charge in [0.25, 0.3) is 5.91 Å². The van der Waals surface area contributed by atoms with Crippen LogP contribution in [0.2, 0.25) is 0 Å². The van der Waals surface area contributed by atoms with E-state index in [9.17, 15) is 4.79 Å². The van der Waals surface area contributed by atoms with E-state index in [1.807, 2.05) is 41.3 Å². The molecule has 1 amide bonds. The van der Waals surface area contributed by atoms with Crippen molar-refractivity contribution in [2.24, 2.45) is 0 Å². The molecule has 28 heavy (non-hydrogen) atoms. The summed E-state index contributed by atoms with van der Waals surface area (Å²) < 4.78 is 21.9. The quantitative estimate of drug-likeness (QED) is 0.697. The van der Waals surface area contributed by atoms with Gasteiger partial charge in [-0.25, -0.2) is 0 Å². The molecule has 1 aliphatic rings. The van der Waals surface area contributed by atoms with Crippen molar-refractivity contribution in [1.29, 1.82) is 0 Å². The van der Waals surface area contributed by atoms with E-state index in [0.29, 0.717) is 31.2 Å². The van der Waals surface area contributed by atoms with Crippen molar-refractivity contribution in [2.45, 2.75) is 26.3 Å². The lowest BCUT2D eigenvalue weighted by molar-refractivity contribution is -0.134. The second-order valence-electron chi connectivity index (χ2n) is 6.65. The first kappa shape index (κ1) is 19.9. The minimum atomic E-state index is -0.0354. The number of carbonyl (C=O) groups excluding carboxylic acids is 1. The number of hydrogen-bond donors (Lipinski definition) is 0. The van der Waals surface area contributed by atoms with Gasteiger partial charge < -0.3 is 23.8 Å². The summed E-state index contributed by atoms with van der Waals surface area (Å²) in [6, 6.07) is 11.3. The molecule has 0 saturated heterocycles. The molecule has 0 aromatic heterocycles. The molecule has 150 valence electrons. The van der Waals surface area contributed by atoms with Gasteiger partial charge in [-0.3, -0.25) is 4.79 Å². The first-order valence-electron chi connectivity index (χ1n) is 9.51. The number of fused-ring (bicyclic) bond motifs is 1. The molecule has 0 radical (unpaired) electrons. The molecule has 0 unspecified atom stereocenters. The van der Waals surface area contributed by atoms with Gasteiger partial charge in [0.05, 0.1) is 20.8 Å². The van der Waals surface area contributed by atoms with Crippen LogP contribution in [-0.2, 0) is 17.8 Å². The molecule has 3 rings (SSSR count). The Morgan fingerprint density at radius 2 is 1.57 bits per heavy atom. The Bertz CT molecular complexity index is 803. The van der Waals surface area contributed by atoms with E-state index < -0.39 is 0 Å². The predicted molar refractivity (Wildman–Crippen MR) is 106 cm³/mol. The molecular formula is C22H27NO5. The van der Waals surface area contributed by atoms with Gasteiger partial charge >= 0.3 is 0 Å². The summed E-state index contributed by atoms with van der Waals surface area (Å²) in [5.41, 5.74) is 2.26. The minimum absolute atomic E-state index is 0.0117. The van der Waals surface area contributed by atoms with Gasteiger partial charge in [-0.05, 0) is 60.4 Å². The number of nitrogens with zero attached hydrogens (tertiary/aromatic N) is 1. The second kappa shape index (κ2) is 9.35. The lowest BCUT2D eigenvalue weighted by Crippen LogP contribution is -2.38. The zero-order valence-corrected chi connectivity index (χ0v) is 16.7. The number of hydrogen-bond acceptors (Lipinski definition) is 5. The van der Waals surface area contributed by atoms with Gasteiger partial charge in [0, 0.05) is 13.1 Å². The Labute approximate surface area is 166 Å². The number of benzene rings is 2. The monoisotopic (exact) mass is 385 g/mol. The number of rotatable bonds is 8. The topological polar surface area (TPSA) is 57.2 Å². The summed E-state index contributed by atoms with van der Waals surface area (Å²) in [7, 11) is 3.24. The third-order valence-corrected chi connectivity index (χ3v) is 4.73. The molecule has 2 aromatic carbocycles. The molecule has 0 bridgehead atoms. The van der Waals surface area contributed by atoms with Gasteiger partial charge in [-0.15, -0.1) is 0 Å². The number of methoxy groups -OCH3 is 2. The first-order chi connectivity index (χ1) is 13.6. The predicted octanol–water partition coefficient (Wildman–Crippen LogP) is 3.46. The van der Waals surface area contributed by atoms with Crippen LogP contribution in [-0.4, -0.2) is 44.8 Å². The average molecular weight is 385 g/mol. The van der Waals surface area contributed by atoms with Crippen molar-refractivity contribution < 1.29 is 23.7 Å². The highest BCUT2D eigenvalue weighted by Crippen LogP contribution is 2.33. The van der Waals surface area contributed by atoms with Crippen LogP contribution in [0.5, 0.6) is 23.0 Å². The van der Waals surface area contributed by atoms with Gasteiger partial charge in [0.1, 0.15) is 11.5 Å². The van der Waals surface area contributed by atoms with Crippen LogP contribution in [0.4, 0.5) is 0 Å². The molecule has 6 nitrogen and oxygen atoms in total. The molecular weight excluding hydrogens is 358 g/mol. The van der Waals surface area contributed by atoms with E-state index in [2.05, 4.69) is 6.92 Å². The van der Waals surface area contributed by atoms with Crippen LogP contribution in [0.25, 0.3) is 0 Å². The maximum Gasteiger partial charge on any atom is 0.260 e. The molecule has 0 aliphatic carbocycles. The van der Waals surface area contributed by atoms with Gasteiger partial charge in [-0.1, -0.05) is 6.92 Å². The van der Waals surface area contributed by atoms with Gasteiger partial charge in [-0.2, -0.15) is 0 Å². The van der Waals surface area contributed by atoms with Crippen molar-refractivity contribution in [3.8, 4) is 23.0 Å². The maximum absolute atomic E-state index is 12.6. The fourth-order valence-electron chi connectivity index (χ4n) is 3.18. The highest BCUT2D eigenvalue weighted by atomic mass is 16.5. The van der Waals surface area contributed by atoms with Crippen molar-refractivity contribution in [3.05, 3.63) is 47.5 Å². The smallest absolute Gasteiger partial charge is 0.260 e. The third-order valence-electron chi connectivity index (χ3n) is 4.73. The lowest BCUT2D eigenvalue weighted by Gasteiger charge is -2.29. The molecule has 0 atom stereocenters. The average Bonchev–Trinajstić information content (AvgIpc) is 2.75. The van der Waals surface area contributed by atoms with E-state index >= 15 is 0 Å². The molecule has 0 fully saturated rings. The molecule has 0 spiro atoms. The van der Waals surface area contributed by atoms with Crippen LogP contribution < -0.4 is 18.9 Å². The zero-order chi connectivity index (χ0) is 19.9. The summed E-state index contributed by atoms with van der Waals surface area (Å²) in [5, 5.41) is 0. The highest BCUT2D eigenvalue weighted by molar-refractivity contribution is 5.78. The maximum atomic E-state index is 12.6. The van der Waals surface area contributed by atoms with Crippen LogP contribution in [0.1, 0.15) is 24.5 Å². The van der Waals surface area contributed by atoms with Crippen molar-refractivity contribution in [2.75, 3.05) is 34.0 Å².